The van der Waals surface area contributed by atoms with Crippen molar-refractivity contribution in [3.8, 4) is 0 Å². The van der Waals surface area contributed by atoms with Crippen LogP contribution in [0.4, 0.5) is 0 Å². The van der Waals surface area contributed by atoms with E-state index in [1.165, 1.54) is 0 Å². The molecule has 8 heteroatoms. The van der Waals surface area contributed by atoms with Gasteiger partial charge in [-0.25, -0.2) is 8.42 Å². The van der Waals surface area contributed by atoms with Crippen molar-refractivity contribution in [2.75, 3.05) is 12.3 Å². The predicted molar refractivity (Wildman–Crippen MR) is 81.8 cm³/mol. The topological polar surface area (TPSA) is 74.8 Å². The van der Waals surface area contributed by atoms with Crippen LogP contribution >= 0.6 is 11.6 Å². The summed E-state index contributed by atoms with van der Waals surface area (Å²) in [7, 11) is -3.52. The highest BCUT2D eigenvalue weighted by Gasteiger charge is 2.59. The molecular weight excluding hydrogens is 328 g/mol. The molecular formula is C14H19ClN2O4S. The number of hydrogen-bond donors (Lipinski definition) is 0. The van der Waals surface area contributed by atoms with Crippen LogP contribution in [0.5, 0.6) is 0 Å². The van der Waals surface area contributed by atoms with Crippen molar-refractivity contribution < 1.29 is 18.0 Å². The lowest BCUT2D eigenvalue weighted by Gasteiger charge is -2.48. The molecule has 6 nitrogen and oxygen atoms in total. The molecule has 3 aliphatic heterocycles. The number of rotatable bonds is 1. The van der Waals surface area contributed by atoms with Gasteiger partial charge in [0.1, 0.15) is 11.1 Å². The third-order valence-corrected chi connectivity index (χ3v) is 7.30. The summed E-state index contributed by atoms with van der Waals surface area (Å²) in [6.07, 6.45) is 2.93. The Labute approximate surface area is 135 Å². The van der Waals surface area contributed by atoms with Gasteiger partial charge in [-0.1, -0.05) is 0 Å². The van der Waals surface area contributed by atoms with Crippen LogP contribution in [0.25, 0.3) is 0 Å². The average Bonchev–Trinajstić information content (AvgIpc) is 2.45. The Balaban J connectivity index is 1.98. The lowest BCUT2D eigenvalue weighted by molar-refractivity contribution is -0.144. The summed E-state index contributed by atoms with van der Waals surface area (Å²) in [4.78, 5) is 27.7. The normalized spacial score (nSPS) is 34.3. The van der Waals surface area contributed by atoms with E-state index in [-0.39, 0.29) is 23.4 Å². The summed E-state index contributed by atoms with van der Waals surface area (Å²) < 4.78 is 24.4. The van der Waals surface area contributed by atoms with Gasteiger partial charge in [-0.3, -0.25) is 14.5 Å². The number of amides is 2. The Morgan fingerprint density at radius 1 is 1.32 bits per heavy atom. The van der Waals surface area contributed by atoms with E-state index in [2.05, 4.69) is 0 Å². The zero-order chi connectivity index (χ0) is 16.2. The molecule has 0 aromatic carbocycles. The Morgan fingerprint density at radius 2 is 2.00 bits per heavy atom. The van der Waals surface area contributed by atoms with Crippen molar-refractivity contribution in [2.24, 2.45) is 0 Å². The molecule has 0 aliphatic carbocycles. The standard InChI is InChI=1S/C14H19ClN2O4S/c1-8-7-22(20,21)14-10(15)12(18)17(14)11(8)13(19)16-6-4-3-5-9(16)2/h9-10,14H,3-7H2,1-2H3/t9?,10-,14+/m0/s1. The molecule has 0 aromatic rings. The predicted octanol–water partition coefficient (Wildman–Crippen LogP) is 0.865. The molecule has 0 aromatic heterocycles. The van der Waals surface area contributed by atoms with E-state index in [4.69, 9.17) is 11.6 Å². The van der Waals surface area contributed by atoms with Crippen molar-refractivity contribution in [2.45, 2.75) is 49.9 Å². The quantitative estimate of drug-likeness (QED) is 0.521. The minimum atomic E-state index is -3.52. The monoisotopic (exact) mass is 346 g/mol. The van der Waals surface area contributed by atoms with Crippen molar-refractivity contribution in [3.05, 3.63) is 11.3 Å². The maximum absolute atomic E-state index is 12.9. The fourth-order valence-corrected chi connectivity index (χ4v) is 6.10. The second-order valence-electron chi connectivity index (χ2n) is 6.28. The molecule has 2 fully saturated rings. The summed E-state index contributed by atoms with van der Waals surface area (Å²) in [6.45, 7) is 4.22. The number of nitrogens with zero attached hydrogens (tertiary/aromatic N) is 2. The minimum Gasteiger partial charge on any atom is -0.335 e. The molecule has 0 bridgehead atoms. The molecule has 0 N–H and O–H groups in total. The van der Waals surface area contributed by atoms with E-state index >= 15 is 0 Å². The van der Waals surface area contributed by atoms with Gasteiger partial charge in [0.15, 0.2) is 15.2 Å². The lowest BCUT2D eigenvalue weighted by Crippen LogP contribution is -2.68. The van der Waals surface area contributed by atoms with Gasteiger partial charge in [0.05, 0.1) is 5.75 Å². The number of likely N-dealkylation sites (tertiary alicyclic amines) is 1. The molecule has 22 heavy (non-hydrogen) atoms. The fourth-order valence-electron chi connectivity index (χ4n) is 3.49. The second kappa shape index (κ2) is 5.23. The summed E-state index contributed by atoms with van der Waals surface area (Å²) in [5, 5.41) is -2.18. The number of alkyl halides is 1. The Morgan fingerprint density at radius 3 is 2.64 bits per heavy atom. The van der Waals surface area contributed by atoms with E-state index in [9.17, 15) is 18.0 Å². The third-order valence-electron chi connectivity index (χ3n) is 4.68. The Hall–Kier alpha value is -1.08. The number of carbonyl (C=O) groups excluding carboxylic acids is 2. The van der Waals surface area contributed by atoms with E-state index in [0.717, 1.165) is 24.2 Å². The van der Waals surface area contributed by atoms with E-state index in [1.807, 2.05) is 6.92 Å². The highest BCUT2D eigenvalue weighted by Crippen LogP contribution is 2.40. The van der Waals surface area contributed by atoms with Crippen LogP contribution < -0.4 is 0 Å². The minimum absolute atomic E-state index is 0.0988. The van der Waals surface area contributed by atoms with Gasteiger partial charge in [0.2, 0.25) is 5.91 Å². The van der Waals surface area contributed by atoms with Crippen LogP contribution in [0.1, 0.15) is 33.1 Å². The average molecular weight is 347 g/mol. The number of carbonyl (C=O) groups is 2. The molecule has 0 saturated carbocycles. The van der Waals surface area contributed by atoms with Crippen molar-refractivity contribution in [1.82, 2.24) is 9.80 Å². The van der Waals surface area contributed by atoms with Crippen LogP contribution in [-0.4, -0.2) is 59.1 Å². The number of hydrogen-bond acceptors (Lipinski definition) is 4. The van der Waals surface area contributed by atoms with Gasteiger partial charge in [-0.15, -0.1) is 11.6 Å². The smallest absolute Gasteiger partial charge is 0.270 e. The van der Waals surface area contributed by atoms with Crippen LogP contribution in [0.15, 0.2) is 11.3 Å². The highest BCUT2D eigenvalue weighted by atomic mass is 35.5. The van der Waals surface area contributed by atoms with E-state index in [1.54, 1.807) is 11.8 Å². The first-order valence-electron chi connectivity index (χ1n) is 7.45. The Kier molecular flexibility index (Phi) is 3.76. The molecule has 0 radical (unpaired) electrons. The number of β-lactam (4-membered cyclic amide) rings is 1. The molecule has 3 atom stereocenters. The first kappa shape index (κ1) is 15.8. The molecule has 122 valence electrons. The Bertz CT molecular complexity index is 672. The molecule has 3 heterocycles. The zero-order valence-electron chi connectivity index (χ0n) is 12.6. The molecule has 3 aliphatic rings. The molecule has 0 spiro atoms. The van der Waals surface area contributed by atoms with Crippen LogP contribution in [-0.2, 0) is 19.4 Å². The van der Waals surface area contributed by atoms with Gasteiger partial charge in [0, 0.05) is 12.6 Å². The fraction of sp³-hybridized carbons (Fsp3) is 0.714. The lowest BCUT2D eigenvalue weighted by atomic mass is 10.0. The number of sulfone groups is 1. The van der Waals surface area contributed by atoms with Crippen molar-refractivity contribution in [3.63, 3.8) is 0 Å². The summed E-state index contributed by atoms with van der Waals surface area (Å²) >= 11 is 5.87. The summed E-state index contributed by atoms with van der Waals surface area (Å²) in [5.41, 5.74) is 0.645. The zero-order valence-corrected chi connectivity index (χ0v) is 14.2. The van der Waals surface area contributed by atoms with Gasteiger partial charge >= 0.3 is 0 Å². The first-order chi connectivity index (χ1) is 10.3. The van der Waals surface area contributed by atoms with Gasteiger partial charge in [-0.2, -0.15) is 0 Å². The molecule has 3 rings (SSSR count). The summed E-state index contributed by atoms with van der Waals surface area (Å²) in [6, 6.07) is 0.0988. The molecule has 2 amide bonds. The number of halogens is 1. The first-order valence-corrected chi connectivity index (χ1v) is 9.60. The highest BCUT2D eigenvalue weighted by molar-refractivity contribution is 7.92. The van der Waals surface area contributed by atoms with Gasteiger partial charge in [0.25, 0.3) is 5.91 Å². The van der Waals surface area contributed by atoms with Crippen LogP contribution in [0, 0.1) is 0 Å². The van der Waals surface area contributed by atoms with E-state index < -0.39 is 26.5 Å². The van der Waals surface area contributed by atoms with E-state index in [0.29, 0.717) is 12.1 Å². The molecule has 2 saturated heterocycles. The second-order valence-corrected chi connectivity index (χ2v) is 8.85. The van der Waals surface area contributed by atoms with Crippen LogP contribution in [0.3, 0.4) is 0 Å². The third kappa shape index (κ3) is 2.17. The largest absolute Gasteiger partial charge is 0.335 e. The van der Waals surface area contributed by atoms with Crippen molar-refractivity contribution >= 4 is 33.3 Å². The van der Waals surface area contributed by atoms with Crippen molar-refractivity contribution in [1.29, 1.82) is 0 Å². The maximum atomic E-state index is 12.9. The van der Waals surface area contributed by atoms with Gasteiger partial charge < -0.3 is 4.90 Å². The van der Waals surface area contributed by atoms with Gasteiger partial charge in [-0.05, 0) is 38.7 Å². The number of piperidine rings is 1. The number of fused-ring (bicyclic) bond motifs is 1. The SMILES string of the molecule is CC1=C(C(=O)N2CCCCC2C)N2C(=O)[C@H](Cl)[C@H]2S(=O)(=O)C1. The summed E-state index contributed by atoms with van der Waals surface area (Å²) in [5.74, 6) is -0.961. The molecule has 1 unspecified atom stereocenters. The maximum Gasteiger partial charge on any atom is 0.270 e. The van der Waals surface area contributed by atoms with Crippen LogP contribution in [0.2, 0.25) is 0 Å².